The van der Waals surface area contributed by atoms with Gasteiger partial charge in [0.2, 0.25) is 11.8 Å². The molecule has 1 aromatic rings. The van der Waals surface area contributed by atoms with Crippen molar-refractivity contribution in [2.45, 2.75) is 75.1 Å². The average molecular weight is 614 g/mol. The molecule has 6 N–H and O–H groups in total. The third kappa shape index (κ3) is 7.85. The maximum atomic E-state index is 13.2. The second-order valence-corrected chi connectivity index (χ2v) is 12.8. The fourth-order valence-electron chi connectivity index (χ4n) is 6.18. The Labute approximate surface area is 254 Å². The Kier molecular flexibility index (Phi) is 10.7. The van der Waals surface area contributed by atoms with E-state index in [2.05, 4.69) is 22.8 Å². The lowest BCUT2D eigenvalue weighted by atomic mass is 9.69. The molecule has 43 heavy (non-hydrogen) atoms. The molecule has 5 atom stereocenters. The van der Waals surface area contributed by atoms with E-state index in [1.807, 2.05) is 31.2 Å². The van der Waals surface area contributed by atoms with Crippen LogP contribution in [0.25, 0.3) is 0 Å². The van der Waals surface area contributed by atoms with Crippen LogP contribution in [-0.4, -0.2) is 69.1 Å². The quantitative estimate of drug-likeness (QED) is 0.145. The standard InChI is InChI=1S/C31H39N3O8S/c1-2-11-31(43-17-23(28(38)33-16-25(36)37)34-24(35)9-8-22(32)29(39)40)12-10-20-14-19(13-18-6-4-3-5-7-18)15-21-26(20)27(31)42-30(21)41/h3-7,15,20-23H,2,8-14,16-17,32H2,1H3,(H,33,38)(H,34,35)(H,36,37)(H,39,40). The minimum atomic E-state index is -1.24. The number of nitrogens with two attached hydrogens (primary N) is 1. The van der Waals surface area contributed by atoms with Crippen LogP contribution in [-0.2, 0) is 35.1 Å². The van der Waals surface area contributed by atoms with Crippen LogP contribution in [0.4, 0.5) is 0 Å². The van der Waals surface area contributed by atoms with Crippen LogP contribution in [0.15, 0.2) is 53.3 Å². The van der Waals surface area contributed by atoms with Crippen molar-refractivity contribution in [1.29, 1.82) is 0 Å². The summed E-state index contributed by atoms with van der Waals surface area (Å²) in [6, 6.07) is 7.84. The number of allylic oxidation sites excluding steroid dienone is 1. The van der Waals surface area contributed by atoms with Crippen molar-refractivity contribution in [2.24, 2.45) is 17.6 Å². The lowest BCUT2D eigenvalue weighted by molar-refractivity contribution is -0.140. The Morgan fingerprint density at radius 3 is 2.60 bits per heavy atom. The molecule has 11 nitrogen and oxygen atoms in total. The topological polar surface area (TPSA) is 185 Å². The zero-order valence-electron chi connectivity index (χ0n) is 24.2. The van der Waals surface area contributed by atoms with Gasteiger partial charge in [0.25, 0.3) is 0 Å². The molecule has 232 valence electrons. The Hall–Kier alpha value is -3.64. The molecule has 2 aliphatic carbocycles. The van der Waals surface area contributed by atoms with Crippen LogP contribution >= 0.6 is 11.8 Å². The maximum absolute atomic E-state index is 13.2. The van der Waals surface area contributed by atoms with E-state index in [1.165, 1.54) is 22.9 Å². The first-order chi connectivity index (χ1) is 20.5. The van der Waals surface area contributed by atoms with Crippen molar-refractivity contribution in [3.63, 3.8) is 0 Å². The monoisotopic (exact) mass is 613 g/mol. The van der Waals surface area contributed by atoms with Gasteiger partial charge in [-0.2, -0.15) is 0 Å². The number of esters is 1. The summed E-state index contributed by atoms with van der Waals surface area (Å²) in [7, 11) is 0. The van der Waals surface area contributed by atoms with Crippen molar-refractivity contribution in [1.82, 2.24) is 10.6 Å². The van der Waals surface area contributed by atoms with Gasteiger partial charge in [-0.3, -0.25) is 24.0 Å². The van der Waals surface area contributed by atoms with Crippen LogP contribution in [0.1, 0.15) is 57.4 Å². The molecule has 1 heterocycles. The summed E-state index contributed by atoms with van der Waals surface area (Å²) in [6.45, 7) is 1.42. The second kappa shape index (κ2) is 14.2. The van der Waals surface area contributed by atoms with Crippen LogP contribution in [0.5, 0.6) is 0 Å². The third-order valence-corrected chi connectivity index (χ3v) is 9.88. The van der Waals surface area contributed by atoms with Gasteiger partial charge in [-0.1, -0.05) is 55.3 Å². The molecule has 3 aliphatic rings. The highest BCUT2D eigenvalue weighted by Gasteiger charge is 2.52. The first-order valence-electron chi connectivity index (χ1n) is 14.6. The van der Waals surface area contributed by atoms with E-state index < -0.39 is 53.0 Å². The lowest BCUT2D eigenvalue weighted by Gasteiger charge is -2.42. The summed E-state index contributed by atoms with van der Waals surface area (Å²) < 4.78 is 5.44. The number of carboxylic acids is 2. The van der Waals surface area contributed by atoms with Crippen LogP contribution in [0.3, 0.4) is 0 Å². The van der Waals surface area contributed by atoms with Crippen LogP contribution in [0.2, 0.25) is 0 Å². The maximum Gasteiger partial charge on any atom is 0.322 e. The number of ether oxygens (including phenoxy) is 1. The molecule has 1 aromatic carbocycles. The fourth-order valence-corrected chi connectivity index (χ4v) is 7.80. The minimum absolute atomic E-state index is 0.0982. The van der Waals surface area contributed by atoms with E-state index in [-0.39, 0.29) is 30.5 Å². The molecule has 2 amide bonds. The molecule has 5 unspecified atom stereocenters. The number of amides is 2. The number of aliphatic carboxylic acids is 2. The third-order valence-electron chi connectivity index (χ3n) is 8.23. The van der Waals surface area contributed by atoms with Gasteiger partial charge in [0.05, 0.1) is 4.75 Å². The summed E-state index contributed by atoms with van der Waals surface area (Å²) in [4.78, 5) is 60.9. The largest absolute Gasteiger partial charge is 0.480 e. The normalized spacial score (nSPS) is 23.9. The average Bonchev–Trinajstić information content (AvgIpc) is 3.32. The predicted molar refractivity (Wildman–Crippen MR) is 160 cm³/mol. The summed E-state index contributed by atoms with van der Waals surface area (Å²) >= 11 is 1.43. The Morgan fingerprint density at radius 1 is 1.19 bits per heavy atom. The Bertz CT molecular complexity index is 1310. The number of carbonyl (C=O) groups excluding carboxylic acids is 3. The number of benzene rings is 1. The number of hydrogen-bond acceptors (Lipinski definition) is 8. The number of rotatable bonds is 15. The zero-order valence-corrected chi connectivity index (χ0v) is 25.0. The van der Waals surface area contributed by atoms with Gasteiger partial charge in [0, 0.05) is 12.2 Å². The highest BCUT2D eigenvalue weighted by Crippen LogP contribution is 2.56. The van der Waals surface area contributed by atoms with E-state index in [1.54, 1.807) is 0 Å². The molecule has 12 heteroatoms. The first kappa shape index (κ1) is 32.3. The van der Waals surface area contributed by atoms with Crippen molar-refractivity contribution in [3.8, 4) is 0 Å². The van der Waals surface area contributed by atoms with Crippen molar-refractivity contribution in [2.75, 3.05) is 12.3 Å². The van der Waals surface area contributed by atoms with Gasteiger partial charge >= 0.3 is 17.9 Å². The SMILES string of the molecule is CCCC1(SCC(NC(=O)CCC(N)C(=O)O)C(=O)NCC(=O)O)CCC2CC(Cc3ccccc3)=CC3C(=O)OC1=C23. The molecular formula is C31H39N3O8S. The molecule has 0 saturated carbocycles. The fraction of sp³-hybridized carbons (Fsp3) is 0.516. The molecule has 1 aliphatic heterocycles. The van der Waals surface area contributed by atoms with E-state index in [9.17, 15) is 24.0 Å². The Morgan fingerprint density at radius 2 is 1.93 bits per heavy atom. The summed E-state index contributed by atoms with van der Waals surface area (Å²) in [6.07, 6.45) is 6.40. The number of thioether (sulfide) groups is 1. The van der Waals surface area contributed by atoms with E-state index in [4.69, 9.17) is 20.7 Å². The number of nitrogens with one attached hydrogen (secondary N) is 2. The van der Waals surface area contributed by atoms with Gasteiger partial charge in [-0.25, -0.2) is 0 Å². The van der Waals surface area contributed by atoms with E-state index >= 15 is 0 Å². The number of hydrogen-bond donors (Lipinski definition) is 5. The van der Waals surface area contributed by atoms with Gasteiger partial charge < -0.3 is 31.3 Å². The molecule has 0 saturated heterocycles. The van der Waals surface area contributed by atoms with Crippen molar-refractivity contribution < 1.29 is 38.9 Å². The molecule has 0 bridgehead atoms. The molecule has 0 aromatic heterocycles. The van der Waals surface area contributed by atoms with E-state index in [0.717, 1.165) is 37.7 Å². The minimum Gasteiger partial charge on any atom is -0.480 e. The lowest BCUT2D eigenvalue weighted by Crippen LogP contribution is -2.50. The molecule has 4 rings (SSSR count). The number of carbonyl (C=O) groups is 5. The first-order valence-corrected chi connectivity index (χ1v) is 15.6. The van der Waals surface area contributed by atoms with Gasteiger partial charge in [-0.15, -0.1) is 11.8 Å². The summed E-state index contributed by atoms with van der Waals surface area (Å²) in [5.41, 5.74) is 8.95. The molecular weight excluding hydrogens is 574 g/mol. The summed E-state index contributed by atoms with van der Waals surface area (Å²) in [5.74, 6) is -3.47. The van der Waals surface area contributed by atoms with Crippen molar-refractivity contribution in [3.05, 3.63) is 58.9 Å². The van der Waals surface area contributed by atoms with Crippen molar-refractivity contribution >= 4 is 41.5 Å². The zero-order chi connectivity index (χ0) is 31.1. The van der Waals surface area contributed by atoms with Crippen LogP contribution in [0, 0.1) is 11.8 Å². The van der Waals surface area contributed by atoms with Gasteiger partial charge in [0.1, 0.15) is 30.3 Å². The highest BCUT2D eigenvalue weighted by atomic mass is 32.2. The van der Waals surface area contributed by atoms with Crippen LogP contribution < -0.4 is 16.4 Å². The molecule has 0 spiro atoms. The van der Waals surface area contributed by atoms with Gasteiger partial charge in [-0.05, 0) is 55.6 Å². The molecule has 0 radical (unpaired) electrons. The smallest absolute Gasteiger partial charge is 0.322 e. The second-order valence-electron chi connectivity index (χ2n) is 11.4. The number of carboxylic acid groups (broad SMARTS) is 2. The van der Waals surface area contributed by atoms with E-state index in [0.29, 0.717) is 12.2 Å². The Balaban J connectivity index is 1.54. The highest BCUT2D eigenvalue weighted by molar-refractivity contribution is 8.00. The molecule has 0 fully saturated rings. The summed E-state index contributed by atoms with van der Waals surface area (Å²) in [5, 5.41) is 23.0. The van der Waals surface area contributed by atoms with Gasteiger partial charge in [0.15, 0.2) is 0 Å². The predicted octanol–water partition coefficient (Wildman–Crippen LogP) is 2.55.